The molecule has 4 rings (SSSR count). The lowest BCUT2D eigenvalue weighted by molar-refractivity contribution is 0.232. The zero-order chi connectivity index (χ0) is 17.1. The monoisotopic (exact) mass is 326 g/mol. The number of nitrogens with one attached hydrogen (secondary N) is 1. The molecule has 0 spiro atoms. The largest absolute Gasteiger partial charge is 0.359 e. The van der Waals surface area contributed by atoms with Crippen molar-refractivity contribution >= 4 is 10.9 Å². The first-order chi connectivity index (χ1) is 11.7. The minimum atomic E-state index is 0.321. The Balaban J connectivity index is 0.000000815. The molecule has 1 aromatic carbocycles. The second kappa shape index (κ2) is 7.18. The van der Waals surface area contributed by atoms with Gasteiger partial charge in [0.1, 0.15) is 11.4 Å². The Morgan fingerprint density at radius 2 is 2.08 bits per heavy atom. The first-order valence-corrected chi connectivity index (χ1v) is 8.82. The molecule has 1 aliphatic heterocycles. The molecule has 1 fully saturated rings. The minimum Gasteiger partial charge on any atom is -0.359 e. The zero-order valence-corrected chi connectivity index (χ0v) is 15.0. The molecule has 1 saturated heterocycles. The van der Waals surface area contributed by atoms with E-state index in [0.717, 1.165) is 30.9 Å². The van der Waals surface area contributed by atoms with Crippen LogP contribution in [0.25, 0.3) is 10.9 Å². The fraction of sp³-hybridized carbons (Fsp3) is 0.474. The van der Waals surface area contributed by atoms with E-state index in [2.05, 4.69) is 51.4 Å². The van der Waals surface area contributed by atoms with Crippen LogP contribution < -0.4 is 0 Å². The summed E-state index contributed by atoms with van der Waals surface area (Å²) in [7, 11) is 0. The molecule has 24 heavy (non-hydrogen) atoms. The molecule has 2 aromatic heterocycles. The maximum atomic E-state index is 4.90. The standard InChI is InChI=1S/C17H20N4O.C2H6/c1-11-9-14-13(5-3-6-15(14)18-11)10-21-8-4-7-16(21)17-12(2)19-22-20-17;1-2/h3,5-6,9,16,18H,4,7-8,10H2,1-2H3;1-2H3. The maximum Gasteiger partial charge on any atom is 0.125 e. The molecule has 1 aliphatic rings. The summed E-state index contributed by atoms with van der Waals surface area (Å²) < 4.78 is 4.90. The Kier molecular flexibility index (Phi) is 5.00. The molecule has 0 amide bonds. The van der Waals surface area contributed by atoms with E-state index in [1.54, 1.807) is 0 Å². The van der Waals surface area contributed by atoms with Crippen molar-refractivity contribution in [3.63, 3.8) is 0 Å². The van der Waals surface area contributed by atoms with Crippen molar-refractivity contribution in [3.8, 4) is 0 Å². The minimum absolute atomic E-state index is 0.321. The third kappa shape index (κ3) is 3.08. The summed E-state index contributed by atoms with van der Waals surface area (Å²) in [5.41, 5.74) is 5.69. The Morgan fingerprint density at radius 3 is 2.83 bits per heavy atom. The van der Waals surface area contributed by atoms with E-state index in [-0.39, 0.29) is 0 Å². The first-order valence-electron chi connectivity index (χ1n) is 8.82. The molecule has 0 radical (unpaired) electrons. The van der Waals surface area contributed by atoms with E-state index in [1.165, 1.54) is 28.6 Å². The average molecular weight is 326 g/mol. The lowest BCUT2D eigenvalue weighted by atomic mass is 10.1. The van der Waals surface area contributed by atoms with Gasteiger partial charge in [0.25, 0.3) is 0 Å². The van der Waals surface area contributed by atoms with Crippen molar-refractivity contribution in [3.05, 3.63) is 46.9 Å². The Labute approximate surface area is 143 Å². The molecule has 3 heterocycles. The normalized spacial score (nSPS) is 17.9. The summed E-state index contributed by atoms with van der Waals surface area (Å²) >= 11 is 0. The van der Waals surface area contributed by atoms with Crippen LogP contribution in [0.5, 0.6) is 0 Å². The van der Waals surface area contributed by atoms with Crippen LogP contribution in [0.15, 0.2) is 28.9 Å². The van der Waals surface area contributed by atoms with Gasteiger partial charge in [0.15, 0.2) is 0 Å². The molecule has 3 aromatic rings. The topological polar surface area (TPSA) is 58.0 Å². The summed E-state index contributed by atoms with van der Waals surface area (Å²) in [6.45, 7) is 10.1. The van der Waals surface area contributed by atoms with Gasteiger partial charge in [-0.1, -0.05) is 36.3 Å². The number of rotatable bonds is 3. The summed E-state index contributed by atoms with van der Waals surface area (Å²) in [6, 6.07) is 9.04. The van der Waals surface area contributed by atoms with Crippen molar-refractivity contribution in [2.75, 3.05) is 6.54 Å². The van der Waals surface area contributed by atoms with Gasteiger partial charge in [-0.2, -0.15) is 0 Å². The van der Waals surface area contributed by atoms with Gasteiger partial charge >= 0.3 is 0 Å². The van der Waals surface area contributed by atoms with Crippen molar-refractivity contribution in [2.45, 2.75) is 53.1 Å². The number of fused-ring (bicyclic) bond motifs is 1. The first kappa shape index (κ1) is 16.7. The molecule has 5 heteroatoms. The van der Waals surface area contributed by atoms with Gasteiger partial charge in [0, 0.05) is 23.1 Å². The van der Waals surface area contributed by atoms with Gasteiger partial charge in [-0.05, 0) is 50.9 Å². The van der Waals surface area contributed by atoms with Gasteiger partial charge in [-0.25, -0.2) is 4.63 Å². The Bertz CT molecular complexity index is 805. The molecular weight excluding hydrogens is 300 g/mol. The lowest BCUT2D eigenvalue weighted by Gasteiger charge is -2.23. The maximum absolute atomic E-state index is 4.90. The Hall–Kier alpha value is -2.14. The van der Waals surface area contributed by atoms with Gasteiger partial charge in [-0.15, -0.1) is 0 Å². The predicted molar refractivity (Wildman–Crippen MR) is 95.8 cm³/mol. The van der Waals surface area contributed by atoms with Gasteiger partial charge in [-0.3, -0.25) is 4.90 Å². The number of aromatic nitrogens is 3. The van der Waals surface area contributed by atoms with Crippen LogP contribution in [-0.4, -0.2) is 26.7 Å². The number of aromatic amines is 1. The highest BCUT2D eigenvalue weighted by molar-refractivity contribution is 5.83. The van der Waals surface area contributed by atoms with E-state index in [1.807, 2.05) is 20.8 Å². The summed E-state index contributed by atoms with van der Waals surface area (Å²) in [6.07, 6.45) is 2.32. The zero-order valence-electron chi connectivity index (χ0n) is 15.0. The fourth-order valence-corrected chi connectivity index (χ4v) is 3.58. The lowest BCUT2D eigenvalue weighted by Crippen LogP contribution is -2.23. The molecule has 1 N–H and O–H groups in total. The highest BCUT2D eigenvalue weighted by Crippen LogP contribution is 2.34. The van der Waals surface area contributed by atoms with Crippen molar-refractivity contribution < 1.29 is 4.63 Å². The van der Waals surface area contributed by atoms with Gasteiger partial charge in [0.05, 0.1) is 6.04 Å². The fourth-order valence-electron chi connectivity index (χ4n) is 3.58. The second-order valence-corrected chi connectivity index (χ2v) is 6.19. The van der Waals surface area contributed by atoms with E-state index < -0.39 is 0 Å². The van der Waals surface area contributed by atoms with Crippen LogP contribution in [0.1, 0.15) is 55.4 Å². The molecule has 5 nitrogen and oxygen atoms in total. The molecule has 0 saturated carbocycles. The smallest absolute Gasteiger partial charge is 0.125 e. The third-order valence-electron chi connectivity index (χ3n) is 4.63. The molecule has 1 unspecified atom stereocenters. The van der Waals surface area contributed by atoms with Gasteiger partial charge < -0.3 is 4.98 Å². The molecule has 0 aliphatic carbocycles. The highest BCUT2D eigenvalue weighted by atomic mass is 16.6. The molecule has 1 atom stereocenters. The summed E-state index contributed by atoms with van der Waals surface area (Å²) in [5.74, 6) is 0. The van der Waals surface area contributed by atoms with Crippen LogP contribution >= 0.6 is 0 Å². The number of nitrogens with zero attached hydrogens (tertiary/aromatic N) is 3. The van der Waals surface area contributed by atoms with Crippen LogP contribution in [0.2, 0.25) is 0 Å². The van der Waals surface area contributed by atoms with Gasteiger partial charge in [0.2, 0.25) is 0 Å². The van der Waals surface area contributed by atoms with Crippen molar-refractivity contribution in [1.82, 2.24) is 20.2 Å². The summed E-state index contributed by atoms with van der Waals surface area (Å²) in [5, 5.41) is 9.38. The number of benzene rings is 1. The second-order valence-electron chi connectivity index (χ2n) is 6.19. The van der Waals surface area contributed by atoms with Crippen LogP contribution in [0.4, 0.5) is 0 Å². The van der Waals surface area contributed by atoms with E-state index >= 15 is 0 Å². The van der Waals surface area contributed by atoms with Crippen LogP contribution in [0, 0.1) is 13.8 Å². The predicted octanol–water partition coefficient (Wildman–Crippen LogP) is 4.53. The molecule has 0 bridgehead atoms. The van der Waals surface area contributed by atoms with Crippen molar-refractivity contribution in [1.29, 1.82) is 0 Å². The van der Waals surface area contributed by atoms with Crippen LogP contribution in [0.3, 0.4) is 0 Å². The van der Waals surface area contributed by atoms with E-state index in [4.69, 9.17) is 4.63 Å². The number of likely N-dealkylation sites (tertiary alicyclic amines) is 1. The van der Waals surface area contributed by atoms with E-state index in [9.17, 15) is 0 Å². The summed E-state index contributed by atoms with van der Waals surface area (Å²) in [4.78, 5) is 5.91. The SMILES string of the molecule is CC.Cc1cc2c(CN3CCCC3c3nonc3C)cccc2[nH]1. The number of H-pyrrole nitrogens is 1. The van der Waals surface area contributed by atoms with Crippen molar-refractivity contribution in [2.24, 2.45) is 0 Å². The van der Waals surface area contributed by atoms with Crippen LogP contribution in [-0.2, 0) is 6.54 Å². The molecular formula is C19H26N4O. The average Bonchev–Trinajstić information content (AvgIpc) is 3.29. The number of aryl methyl sites for hydroxylation is 2. The number of hydrogen-bond acceptors (Lipinski definition) is 4. The number of hydrogen-bond donors (Lipinski definition) is 1. The quantitative estimate of drug-likeness (QED) is 0.768. The third-order valence-corrected chi connectivity index (χ3v) is 4.63. The van der Waals surface area contributed by atoms with E-state index in [0.29, 0.717) is 6.04 Å². The highest BCUT2D eigenvalue weighted by Gasteiger charge is 2.30. The Morgan fingerprint density at radius 1 is 1.25 bits per heavy atom. The molecule has 128 valence electrons.